The van der Waals surface area contributed by atoms with Gasteiger partial charge in [0.05, 0.1) is 11.1 Å². The number of carbonyl (C=O) groups excluding carboxylic acids is 1. The average molecular weight is 208 g/mol. The highest BCUT2D eigenvalue weighted by Gasteiger charge is 2.43. The van der Waals surface area contributed by atoms with Crippen molar-refractivity contribution < 1.29 is 4.79 Å². The van der Waals surface area contributed by atoms with Crippen LogP contribution in [-0.2, 0) is 17.3 Å². The van der Waals surface area contributed by atoms with Crippen LogP contribution in [-0.4, -0.2) is 15.7 Å². The zero-order valence-corrected chi connectivity index (χ0v) is 8.86. The maximum absolute atomic E-state index is 11.6. The molecule has 0 aromatic carbocycles. The van der Waals surface area contributed by atoms with E-state index < -0.39 is 5.41 Å². The molecule has 0 radical (unpaired) electrons. The summed E-state index contributed by atoms with van der Waals surface area (Å²) in [5, 5.41) is 4.07. The fourth-order valence-corrected chi connectivity index (χ4v) is 2.54. The van der Waals surface area contributed by atoms with Crippen molar-refractivity contribution in [1.82, 2.24) is 9.78 Å². The minimum atomic E-state index is -0.542. The Morgan fingerprint density at radius 2 is 2.13 bits per heavy atom. The van der Waals surface area contributed by atoms with E-state index in [0.29, 0.717) is 5.82 Å². The van der Waals surface area contributed by atoms with Crippen LogP contribution in [0.3, 0.4) is 0 Å². The standard InChI is InChI=1S/C10H16N4O/c1-14-7(6-8(11)13-14)10(9(12)15)4-2-3-5-10/h6H,2-5H2,1H3,(H2,11,13)(H2,12,15). The van der Waals surface area contributed by atoms with Crippen molar-refractivity contribution in [3.8, 4) is 0 Å². The van der Waals surface area contributed by atoms with Gasteiger partial charge in [-0.2, -0.15) is 5.10 Å². The summed E-state index contributed by atoms with van der Waals surface area (Å²) in [7, 11) is 1.80. The van der Waals surface area contributed by atoms with Gasteiger partial charge in [-0.3, -0.25) is 9.48 Å². The molecule has 0 atom stereocenters. The minimum absolute atomic E-state index is 0.261. The fourth-order valence-electron chi connectivity index (χ4n) is 2.54. The van der Waals surface area contributed by atoms with Crippen LogP contribution >= 0.6 is 0 Å². The summed E-state index contributed by atoms with van der Waals surface area (Å²) in [5.74, 6) is 0.183. The number of rotatable bonds is 2. The molecular weight excluding hydrogens is 192 g/mol. The highest BCUT2D eigenvalue weighted by atomic mass is 16.1. The summed E-state index contributed by atoms with van der Waals surface area (Å²) in [6, 6.07) is 1.76. The van der Waals surface area contributed by atoms with E-state index in [1.165, 1.54) is 0 Å². The molecule has 0 bridgehead atoms. The summed E-state index contributed by atoms with van der Waals surface area (Å²) in [6.45, 7) is 0. The van der Waals surface area contributed by atoms with Crippen LogP contribution in [0, 0.1) is 0 Å². The number of carbonyl (C=O) groups is 1. The number of nitrogens with two attached hydrogens (primary N) is 2. The van der Waals surface area contributed by atoms with E-state index in [1.807, 2.05) is 0 Å². The number of anilines is 1. The molecule has 82 valence electrons. The van der Waals surface area contributed by atoms with Crippen molar-refractivity contribution in [2.24, 2.45) is 12.8 Å². The van der Waals surface area contributed by atoms with Gasteiger partial charge in [0.2, 0.25) is 5.91 Å². The Bertz CT molecular complexity index is 390. The average Bonchev–Trinajstić information content (AvgIpc) is 2.72. The lowest BCUT2D eigenvalue weighted by Gasteiger charge is -2.24. The van der Waals surface area contributed by atoms with E-state index in [9.17, 15) is 4.79 Å². The second-order valence-corrected chi connectivity index (χ2v) is 4.23. The summed E-state index contributed by atoms with van der Waals surface area (Å²) < 4.78 is 1.67. The van der Waals surface area contributed by atoms with E-state index in [-0.39, 0.29) is 5.91 Å². The smallest absolute Gasteiger partial charge is 0.229 e. The molecule has 1 heterocycles. The van der Waals surface area contributed by atoms with Crippen molar-refractivity contribution in [1.29, 1.82) is 0 Å². The van der Waals surface area contributed by atoms with Crippen LogP contribution in [0.5, 0.6) is 0 Å². The lowest BCUT2D eigenvalue weighted by Crippen LogP contribution is -2.40. The molecular formula is C10H16N4O. The van der Waals surface area contributed by atoms with Gasteiger partial charge in [-0.15, -0.1) is 0 Å². The third-order valence-electron chi connectivity index (χ3n) is 3.32. The second-order valence-electron chi connectivity index (χ2n) is 4.23. The number of hydrogen-bond donors (Lipinski definition) is 2. The van der Waals surface area contributed by atoms with Crippen LogP contribution in [0.1, 0.15) is 31.4 Å². The van der Waals surface area contributed by atoms with Crippen molar-refractivity contribution in [3.63, 3.8) is 0 Å². The molecule has 1 aliphatic carbocycles. The van der Waals surface area contributed by atoms with Crippen molar-refractivity contribution in [3.05, 3.63) is 11.8 Å². The van der Waals surface area contributed by atoms with E-state index in [0.717, 1.165) is 31.4 Å². The Morgan fingerprint density at radius 1 is 1.53 bits per heavy atom. The fraction of sp³-hybridized carbons (Fsp3) is 0.600. The number of aryl methyl sites for hydroxylation is 1. The molecule has 15 heavy (non-hydrogen) atoms. The third kappa shape index (κ3) is 1.38. The van der Waals surface area contributed by atoms with Gasteiger partial charge in [0.15, 0.2) is 0 Å². The summed E-state index contributed by atoms with van der Waals surface area (Å²) >= 11 is 0. The predicted molar refractivity (Wildman–Crippen MR) is 57.0 cm³/mol. The van der Waals surface area contributed by atoms with E-state index >= 15 is 0 Å². The van der Waals surface area contributed by atoms with Crippen molar-refractivity contribution in [2.75, 3.05) is 5.73 Å². The van der Waals surface area contributed by atoms with Crippen LogP contribution in [0.4, 0.5) is 5.82 Å². The predicted octanol–water partition coefficient (Wildman–Crippen LogP) is 0.299. The molecule has 0 unspecified atom stereocenters. The highest BCUT2D eigenvalue weighted by molar-refractivity contribution is 5.86. The molecule has 1 saturated carbocycles. The number of amides is 1. The normalized spacial score (nSPS) is 19.3. The quantitative estimate of drug-likeness (QED) is 0.732. The molecule has 4 N–H and O–H groups in total. The molecule has 0 spiro atoms. The molecule has 1 aliphatic rings. The first-order chi connectivity index (χ1) is 7.06. The second kappa shape index (κ2) is 3.25. The number of aromatic nitrogens is 2. The van der Waals surface area contributed by atoms with Crippen molar-refractivity contribution in [2.45, 2.75) is 31.1 Å². The SMILES string of the molecule is Cn1nc(N)cc1C1(C(N)=O)CCCC1. The molecule has 5 nitrogen and oxygen atoms in total. The van der Waals surface area contributed by atoms with E-state index in [4.69, 9.17) is 11.5 Å². The van der Waals surface area contributed by atoms with Gasteiger partial charge < -0.3 is 11.5 Å². The van der Waals surface area contributed by atoms with Gasteiger partial charge in [0, 0.05) is 13.1 Å². The third-order valence-corrected chi connectivity index (χ3v) is 3.32. The van der Waals surface area contributed by atoms with Gasteiger partial charge in [0.25, 0.3) is 0 Å². The Morgan fingerprint density at radius 3 is 2.53 bits per heavy atom. The summed E-state index contributed by atoms with van der Waals surface area (Å²) in [5.41, 5.74) is 11.5. The number of primary amides is 1. The molecule has 1 amide bonds. The zero-order valence-electron chi connectivity index (χ0n) is 8.86. The Kier molecular flexibility index (Phi) is 2.17. The van der Waals surface area contributed by atoms with Gasteiger partial charge in [0.1, 0.15) is 5.82 Å². The van der Waals surface area contributed by atoms with Crippen LogP contribution in [0.25, 0.3) is 0 Å². The molecule has 1 fully saturated rings. The number of hydrogen-bond acceptors (Lipinski definition) is 3. The van der Waals surface area contributed by atoms with Crippen LogP contribution < -0.4 is 11.5 Å². The maximum atomic E-state index is 11.6. The summed E-state index contributed by atoms with van der Waals surface area (Å²) in [4.78, 5) is 11.6. The van der Waals surface area contributed by atoms with Gasteiger partial charge in [-0.1, -0.05) is 12.8 Å². The lowest BCUT2D eigenvalue weighted by atomic mass is 9.82. The lowest BCUT2D eigenvalue weighted by molar-refractivity contribution is -0.123. The summed E-state index contributed by atoms with van der Waals surface area (Å²) in [6.07, 6.45) is 3.69. The Balaban J connectivity index is 2.49. The van der Waals surface area contributed by atoms with Gasteiger partial charge in [-0.05, 0) is 12.8 Å². The first-order valence-electron chi connectivity index (χ1n) is 5.16. The largest absolute Gasteiger partial charge is 0.382 e. The first-order valence-corrected chi connectivity index (χ1v) is 5.16. The Labute approximate surface area is 88.4 Å². The van der Waals surface area contributed by atoms with Crippen LogP contribution in [0.15, 0.2) is 6.07 Å². The molecule has 5 heteroatoms. The molecule has 1 aromatic rings. The van der Waals surface area contributed by atoms with E-state index in [1.54, 1.807) is 17.8 Å². The molecule has 0 saturated heterocycles. The Hall–Kier alpha value is -1.52. The number of nitrogens with zero attached hydrogens (tertiary/aromatic N) is 2. The van der Waals surface area contributed by atoms with Crippen LogP contribution in [0.2, 0.25) is 0 Å². The topological polar surface area (TPSA) is 86.9 Å². The molecule has 2 rings (SSSR count). The zero-order chi connectivity index (χ0) is 11.1. The maximum Gasteiger partial charge on any atom is 0.229 e. The first kappa shape index (κ1) is 10.0. The van der Waals surface area contributed by atoms with Crippen molar-refractivity contribution >= 4 is 11.7 Å². The highest BCUT2D eigenvalue weighted by Crippen LogP contribution is 2.41. The van der Waals surface area contributed by atoms with Gasteiger partial charge >= 0.3 is 0 Å². The minimum Gasteiger partial charge on any atom is -0.382 e. The van der Waals surface area contributed by atoms with Gasteiger partial charge in [-0.25, -0.2) is 0 Å². The monoisotopic (exact) mass is 208 g/mol. The molecule has 0 aliphatic heterocycles. The molecule has 1 aromatic heterocycles. The van der Waals surface area contributed by atoms with E-state index in [2.05, 4.69) is 5.10 Å². The number of nitrogen functional groups attached to an aromatic ring is 1.